The summed E-state index contributed by atoms with van der Waals surface area (Å²) >= 11 is 0. The molecule has 2 N–H and O–H groups in total. The number of carboxylic acid groups (broad SMARTS) is 1. The van der Waals surface area contributed by atoms with E-state index in [1.54, 1.807) is 4.90 Å². The number of nitrogens with zero attached hydrogens (tertiary/aromatic N) is 1. The number of amides is 2. The lowest BCUT2D eigenvalue weighted by Crippen LogP contribution is -2.58. The molecule has 0 spiro atoms. The largest absolute Gasteiger partial charge is 0.480 e. The molecule has 6 heteroatoms. The van der Waals surface area contributed by atoms with E-state index in [-0.39, 0.29) is 17.2 Å². The van der Waals surface area contributed by atoms with Crippen molar-refractivity contribution >= 4 is 17.8 Å². The number of rotatable bonds is 4. The van der Waals surface area contributed by atoms with Crippen molar-refractivity contribution in [3.05, 3.63) is 0 Å². The molecule has 0 radical (unpaired) electrons. The van der Waals surface area contributed by atoms with Crippen LogP contribution in [0.3, 0.4) is 0 Å². The quantitative estimate of drug-likeness (QED) is 0.811. The van der Waals surface area contributed by atoms with E-state index in [1.807, 2.05) is 0 Å². The standard InChI is InChI=1S/C19H28N2O4/c1-11(17(23)24)20-16(22)15-3-2-4-21(15)18(25)19-8-12-5-13(9-19)7-14(6-12)10-19/h11-15H,2-10H2,1H3,(H,20,22)(H,23,24)/t11-,12?,13?,14?,15?,19?/m1/s1. The van der Waals surface area contributed by atoms with Crippen LogP contribution in [0.5, 0.6) is 0 Å². The number of nitrogens with one attached hydrogen (secondary N) is 1. The highest BCUT2D eigenvalue weighted by atomic mass is 16.4. The zero-order valence-corrected chi connectivity index (χ0v) is 14.9. The zero-order valence-electron chi connectivity index (χ0n) is 14.9. The van der Waals surface area contributed by atoms with Crippen LogP contribution < -0.4 is 5.32 Å². The lowest BCUT2D eigenvalue weighted by atomic mass is 9.49. The molecular formula is C19H28N2O4. The van der Waals surface area contributed by atoms with Crippen LogP contribution in [0.2, 0.25) is 0 Å². The first-order valence-electron chi connectivity index (χ1n) is 9.72. The van der Waals surface area contributed by atoms with Gasteiger partial charge >= 0.3 is 5.97 Å². The zero-order chi connectivity index (χ0) is 17.8. The van der Waals surface area contributed by atoms with Crippen LogP contribution in [0.25, 0.3) is 0 Å². The third-order valence-corrected chi connectivity index (χ3v) is 7.04. The Kier molecular flexibility index (Phi) is 4.04. The highest BCUT2D eigenvalue weighted by Crippen LogP contribution is 2.60. The normalized spacial score (nSPS) is 40.1. The fourth-order valence-corrected chi connectivity index (χ4v) is 6.33. The van der Waals surface area contributed by atoms with Gasteiger partial charge in [-0.2, -0.15) is 0 Å². The number of hydrogen-bond acceptors (Lipinski definition) is 3. The first kappa shape index (κ1) is 16.9. The number of likely N-dealkylation sites (tertiary alicyclic amines) is 1. The Labute approximate surface area is 148 Å². The van der Waals surface area contributed by atoms with E-state index in [0.29, 0.717) is 30.7 Å². The van der Waals surface area contributed by atoms with Crippen LogP contribution in [0.4, 0.5) is 0 Å². The molecule has 1 saturated heterocycles. The molecule has 0 aromatic heterocycles. The van der Waals surface area contributed by atoms with Crippen LogP contribution in [0, 0.1) is 23.2 Å². The molecule has 4 bridgehead atoms. The van der Waals surface area contributed by atoms with Crippen LogP contribution in [0.15, 0.2) is 0 Å². The second-order valence-corrected chi connectivity index (χ2v) is 8.92. The smallest absolute Gasteiger partial charge is 0.325 e. The van der Waals surface area contributed by atoms with Crippen molar-refractivity contribution in [2.45, 2.75) is 70.4 Å². The average Bonchev–Trinajstić information content (AvgIpc) is 3.02. The predicted octanol–water partition coefficient (Wildman–Crippen LogP) is 1.78. The second-order valence-electron chi connectivity index (χ2n) is 8.92. The third kappa shape index (κ3) is 2.83. The van der Waals surface area contributed by atoms with E-state index in [2.05, 4.69) is 5.32 Å². The van der Waals surface area contributed by atoms with Crippen LogP contribution in [-0.2, 0) is 14.4 Å². The van der Waals surface area contributed by atoms with E-state index in [9.17, 15) is 14.4 Å². The summed E-state index contributed by atoms with van der Waals surface area (Å²) in [4.78, 5) is 38.8. The molecule has 2 atom stereocenters. The first-order valence-corrected chi connectivity index (χ1v) is 9.72. The van der Waals surface area contributed by atoms with Crippen molar-refractivity contribution in [2.24, 2.45) is 23.2 Å². The van der Waals surface area contributed by atoms with Gasteiger partial charge in [-0.25, -0.2) is 0 Å². The number of carbonyl (C=O) groups is 3. The van der Waals surface area contributed by atoms with Gasteiger partial charge in [0.05, 0.1) is 5.41 Å². The van der Waals surface area contributed by atoms with Crippen LogP contribution in [0.1, 0.15) is 58.3 Å². The predicted molar refractivity (Wildman–Crippen MR) is 90.6 cm³/mol. The average molecular weight is 348 g/mol. The molecule has 4 saturated carbocycles. The van der Waals surface area contributed by atoms with Gasteiger partial charge in [0.1, 0.15) is 12.1 Å². The van der Waals surface area contributed by atoms with E-state index < -0.39 is 18.1 Å². The highest BCUT2D eigenvalue weighted by Gasteiger charge is 2.56. The maximum Gasteiger partial charge on any atom is 0.325 e. The molecule has 138 valence electrons. The lowest BCUT2D eigenvalue weighted by Gasteiger charge is -2.56. The van der Waals surface area contributed by atoms with Crippen molar-refractivity contribution in [3.8, 4) is 0 Å². The minimum absolute atomic E-state index is 0.173. The molecule has 0 aromatic rings. The maximum atomic E-state index is 13.5. The summed E-state index contributed by atoms with van der Waals surface area (Å²) in [6, 6.07) is -1.42. The van der Waals surface area contributed by atoms with Gasteiger partial charge < -0.3 is 15.3 Å². The topological polar surface area (TPSA) is 86.7 Å². The van der Waals surface area contributed by atoms with Crippen molar-refractivity contribution in [2.75, 3.05) is 6.54 Å². The Morgan fingerprint density at radius 3 is 2.16 bits per heavy atom. The van der Waals surface area contributed by atoms with Gasteiger partial charge in [0.25, 0.3) is 0 Å². The van der Waals surface area contributed by atoms with Gasteiger partial charge in [-0.3, -0.25) is 14.4 Å². The van der Waals surface area contributed by atoms with Crippen molar-refractivity contribution < 1.29 is 19.5 Å². The summed E-state index contributed by atoms with van der Waals surface area (Å²) in [5.74, 6) is 0.884. The summed E-state index contributed by atoms with van der Waals surface area (Å²) in [7, 11) is 0. The van der Waals surface area contributed by atoms with Crippen LogP contribution in [-0.4, -0.2) is 46.4 Å². The number of carboxylic acids is 1. The van der Waals surface area contributed by atoms with E-state index >= 15 is 0 Å². The Balaban J connectivity index is 1.49. The fourth-order valence-electron chi connectivity index (χ4n) is 6.33. The Hall–Kier alpha value is -1.59. The molecular weight excluding hydrogens is 320 g/mol. The summed E-state index contributed by atoms with van der Waals surface area (Å²) in [5.41, 5.74) is -0.240. The molecule has 5 rings (SSSR count). The molecule has 6 nitrogen and oxygen atoms in total. The minimum atomic E-state index is -1.05. The molecule has 0 aromatic carbocycles. The van der Waals surface area contributed by atoms with Crippen molar-refractivity contribution in [1.29, 1.82) is 0 Å². The number of carbonyl (C=O) groups excluding carboxylic acids is 2. The second kappa shape index (κ2) is 5.99. The van der Waals surface area contributed by atoms with Gasteiger partial charge in [-0.1, -0.05) is 0 Å². The minimum Gasteiger partial charge on any atom is -0.480 e. The fraction of sp³-hybridized carbons (Fsp3) is 0.842. The third-order valence-electron chi connectivity index (χ3n) is 7.04. The molecule has 4 aliphatic carbocycles. The van der Waals surface area contributed by atoms with E-state index in [0.717, 1.165) is 25.7 Å². The van der Waals surface area contributed by atoms with Gasteiger partial charge in [-0.05, 0) is 76.0 Å². The maximum absolute atomic E-state index is 13.5. The van der Waals surface area contributed by atoms with Gasteiger partial charge in [-0.15, -0.1) is 0 Å². The Morgan fingerprint density at radius 1 is 1.08 bits per heavy atom. The van der Waals surface area contributed by atoms with Crippen LogP contribution >= 0.6 is 0 Å². The molecule has 25 heavy (non-hydrogen) atoms. The lowest BCUT2D eigenvalue weighted by molar-refractivity contribution is -0.160. The van der Waals surface area contributed by atoms with E-state index in [4.69, 9.17) is 5.11 Å². The van der Waals surface area contributed by atoms with Crippen molar-refractivity contribution in [3.63, 3.8) is 0 Å². The van der Waals surface area contributed by atoms with Gasteiger partial charge in [0.2, 0.25) is 11.8 Å². The Bertz CT molecular complexity index is 567. The molecule has 5 aliphatic rings. The summed E-state index contributed by atoms with van der Waals surface area (Å²) in [5, 5.41) is 11.6. The molecule has 1 aliphatic heterocycles. The molecule has 1 heterocycles. The number of aliphatic carboxylic acids is 1. The van der Waals surface area contributed by atoms with Gasteiger partial charge in [0, 0.05) is 6.54 Å². The van der Waals surface area contributed by atoms with Crippen molar-refractivity contribution in [1.82, 2.24) is 10.2 Å². The van der Waals surface area contributed by atoms with Gasteiger partial charge in [0.15, 0.2) is 0 Å². The summed E-state index contributed by atoms with van der Waals surface area (Å²) in [6.07, 6.45) is 8.29. The summed E-state index contributed by atoms with van der Waals surface area (Å²) < 4.78 is 0. The monoisotopic (exact) mass is 348 g/mol. The van der Waals surface area contributed by atoms with E-state index in [1.165, 1.54) is 26.2 Å². The molecule has 2 amide bonds. The first-order chi connectivity index (χ1) is 11.9. The highest BCUT2D eigenvalue weighted by molar-refractivity contribution is 5.92. The summed E-state index contributed by atoms with van der Waals surface area (Å²) in [6.45, 7) is 2.08. The number of hydrogen-bond donors (Lipinski definition) is 2. The molecule has 5 fully saturated rings. The SMILES string of the molecule is C[C@@H](NC(=O)C1CCCN1C(=O)C12CC3CC(CC(C3)C1)C2)C(=O)O. The Morgan fingerprint density at radius 2 is 1.64 bits per heavy atom. The molecule has 1 unspecified atom stereocenters.